The fourth-order valence-electron chi connectivity index (χ4n) is 2.96. The number of benzene rings is 2. The van der Waals surface area contributed by atoms with Crippen LogP contribution in [-0.4, -0.2) is 24.4 Å². The molecule has 0 aliphatic rings. The predicted octanol–water partition coefficient (Wildman–Crippen LogP) is 3.24. The third kappa shape index (κ3) is 7.41. The molecule has 2 atom stereocenters. The first-order chi connectivity index (χ1) is 13.9. The quantitative estimate of drug-likeness (QED) is 0.638. The summed E-state index contributed by atoms with van der Waals surface area (Å²) in [6, 6.07) is 16.5. The molecule has 29 heavy (non-hydrogen) atoms. The Morgan fingerprint density at radius 3 is 2.17 bits per heavy atom. The fraction of sp³-hybridized carbons (Fsp3) is 0.348. The summed E-state index contributed by atoms with van der Waals surface area (Å²) < 4.78 is 5.11. The Balaban J connectivity index is 1.84. The Morgan fingerprint density at radius 2 is 1.59 bits per heavy atom. The maximum atomic E-state index is 12.2. The lowest BCUT2D eigenvalue weighted by Crippen LogP contribution is -2.32. The monoisotopic (exact) mass is 396 g/mol. The second-order valence-electron chi connectivity index (χ2n) is 6.91. The summed E-state index contributed by atoms with van der Waals surface area (Å²) >= 11 is 0. The van der Waals surface area contributed by atoms with Gasteiger partial charge in [0.2, 0.25) is 5.91 Å². The second-order valence-corrected chi connectivity index (χ2v) is 6.91. The average Bonchev–Trinajstić information content (AvgIpc) is 2.72. The molecule has 0 saturated carbocycles. The van der Waals surface area contributed by atoms with Crippen molar-refractivity contribution in [2.45, 2.75) is 45.7 Å². The minimum atomic E-state index is -0.553. The van der Waals surface area contributed by atoms with Gasteiger partial charge in [-0.05, 0) is 30.0 Å². The topological polar surface area (TPSA) is 84.5 Å². The lowest BCUT2D eigenvalue weighted by Gasteiger charge is -2.18. The molecule has 0 aliphatic carbocycles. The van der Waals surface area contributed by atoms with Crippen LogP contribution < -0.4 is 10.6 Å². The molecule has 0 radical (unpaired) electrons. The van der Waals surface area contributed by atoms with E-state index in [1.165, 1.54) is 12.5 Å². The van der Waals surface area contributed by atoms with Crippen LogP contribution in [0.4, 0.5) is 0 Å². The van der Waals surface area contributed by atoms with Crippen molar-refractivity contribution in [3.63, 3.8) is 0 Å². The SMILES string of the molecule is CCc1ccc([C@H](C)NC(=O)COC(=O)C[C@@H](NC(C)=O)c2ccccc2)cc1. The van der Waals surface area contributed by atoms with Crippen LogP contribution in [0.2, 0.25) is 0 Å². The Kier molecular flexibility index (Phi) is 8.40. The molecule has 0 spiro atoms. The van der Waals surface area contributed by atoms with Gasteiger partial charge < -0.3 is 15.4 Å². The van der Waals surface area contributed by atoms with E-state index < -0.39 is 12.0 Å². The Bertz CT molecular complexity index is 819. The summed E-state index contributed by atoms with van der Waals surface area (Å²) in [4.78, 5) is 35.8. The third-order valence-electron chi connectivity index (χ3n) is 4.58. The minimum absolute atomic E-state index is 0.0507. The average molecular weight is 396 g/mol. The maximum absolute atomic E-state index is 12.2. The molecule has 6 nitrogen and oxygen atoms in total. The lowest BCUT2D eigenvalue weighted by molar-refractivity contribution is -0.149. The standard InChI is InChI=1S/C23H28N2O4/c1-4-18-10-12-19(13-11-18)16(2)24-22(27)15-29-23(28)14-21(25-17(3)26)20-8-6-5-7-9-20/h5-13,16,21H,4,14-15H2,1-3H3,(H,24,27)(H,25,26)/t16-,21+/m0/s1. The molecule has 0 aromatic heterocycles. The van der Waals surface area contributed by atoms with Gasteiger partial charge >= 0.3 is 5.97 Å². The van der Waals surface area contributed by atoms with Gasteiger partial charge in [-0.3, -0.25) is 14.4 Å². The Morgan fingerprint density at radius 1 is 0.931 bits per heavy atom. The van der Waals surface area contributed by atoms with Gasteiger partial charge in [-0.1, -0.05) is 61.5 Å². The number of carbonyl (C=O) groups excluding carboxylic acids is 3. The molecular weight excluding hydrogens is 368 g/mol. The van der Waals surface area contributed by atoms with Gasteiger partial charge in [0.1, 0.15) is 0 Å². The molecule has 0 fully saturated rings. The summed E-state index contributed by atoms with van der Waals surface area (Å²) in [6.07, 6.45) is 0.907. The summed E-state index contributed by atoms with van der Waals surface area (Å²) in [5, 5.41) is 5.56. The normalized spacial score (nSPS) is 12.5. The van der Waals surface area contributed by atoms with Crippen LogP contribution in [0.25, 0.3) is 0 Å². The first-order valence-electron chi connectivity index (χ1n) is 9.75. The number of esters is 1. The number of amides is 2. The molecule has 0 bridgehead atoms. The van der Waals surface area contributed by atoms with Crippen molar-refractivity contribution in [1.82, 2.24) is 10.6 Å². The van der Waals surface area contributed by atoms with E-state index in [0.717, 1.165) is 17.5 Å². The summed E-state index contributed by atoms with van der Waals surface area (Å²) in [7, 11) is 0. The molecule has 0 unspecified atom stereocenters. The summed E-state index contributed by atoms with van der Waals surface area (Å²) in [5.74, 6) is -1.17. The number of hydrogen-bond donors (Lipinski definition) is 2. The van der Waals surface area contributed by atoms with Crippen molar-refractivity contribution in [2.75, 3.05) is 6.61 Å². The zero-order valence-electron chi connectivity index (χ0n) is 17.1. The highest BCUT2D eigenvalue weighted by molar-refractivity contribution is 5.81. The molecule has 0 saturated heterocycles. The maximum Gasteiger partial charge on any atom is 0.308 e. The van der Waals surface area contributed by atoms with Gasteiger partial charge in [0.05, 0.1) is 18.5 Å². The molecule has 2 aromatic carbocycles. The Hall–Kier alpha value is -3.15. The molecule has 0 heterocycles. The van der Waals surface area contributed by atoms with E-state index in [1.54, 1.807) is 0 Å². The van der Waals surface area contributed by atoms with Crippen molar-refractivity contribution in [2.24, 2.45) is 0 Å². The van der Waals surface area contributed by atoms with Crippen LogP contribution in [0.1, 0.15) is 56.0 Å². The van der Waals surface area contributed by atoms with Crippen LogP contribution in [-0.2, 0) is 25.5 Å². The number of rotatable bonds is 9. The molecule has 2 rings (SSSR count). The Labute approximate surface area is 171 Å². The number of ether oxygens (including phenoxy) is 1. The van der Waals surface area contributed by atoms with E-state index in [-0.39, 0.29) is 30.9 Å². The van der Waals surface area contributed by atoms with Crippen molar-refractivity contribution in [3.8, 4) is 0 Å². The van der Waals surface area contributed by atoms with Crippen LogP contribution in [0, 0.1) is 0 Å². The van der Waals surface area contributed by atoms with Crippen LogP contribution >= 0.6 is 0 Å². The van der Waals surface area contributed by atoms with Gasteiger partial charge in [0, 0.05) is 6.92 Å². The number of carbonyl (C=O) groups is 3. The van der Waals surface area contributed by atoms with E-state index >= 15 is 0 Å². The molecular formula is C23H28N2O4. The van der Waals surface area contributed by atoms with E-state index in [4.69, 9.17) is 4.74 Å². The number of aryl methyl sites for hydroxylation is 1. The zero-order valence-corrected chi connectivity index (χ0v) is 17.1. The highest BCUT2D eigenvalue weighted by atomic mass is 16.5. The van der Waals surface area contributed by atoms with Gasteiger partial charge in [0.15, 0.2) is 6.61 Å². The van der Waals surface area contributed by atoms with Crippen LogP contribution in [0.3, 0.4) is 0 Å². The summed E-state index contributed by atoms with van der Waals surface area (Å²) in [6.45, 7) is 4.99. The zero-order chi connectivity index (χ0) is 21.2. The summed E-state index contributed by atoms with van der Waals surface area (Å²) in [5.41, 5.74) is 3.01. The molecule has 2 amide bonds. The van der Waals surface area contributed by atoms with Crippen molar-refractivity contribution in [1.29, 1.82) is 0 Å². The van der Waals surface area contributed by atoms with Gasteiger partial charge in [0.25, 0.3) is 5.91 Å². The van der Waals surface area contributed by atoms with E-state index in [2.05, 4.69) is 17.6 Å². The molecule has 2 N–H and O–H groups in total. The predicted molar refractivity (Wildman–Crippen MR) is 111 cm³/mol. The largest absolute Gasteiger partial charge is 0.456 e. The van der Waals surface area contributed by atoms with Crippen molar-refractivity contribution >= 4 is 17.8 Å². The van der Waals surface area contributed by atoms with Crippen LogP contribution in [0.5, 0.6) is 0 Å². The minimum Gasteiger partial charge on any atom is -0.456 e. The lowest BCUT2D eigenvalue weighted by atomic mass is 10.0. The number of hydrogen-bond acceptors (Lipinski definition) is 4. The highest BCUT2D eigenvalue weighted by Crippen LogP contribution is 2.17. The van der Waals surface area contributed by atoms with Crippen LogP contribution in [0.15, 0.2) is 54.6 Å². The molecule has 6 heteroatoms. The first-order valence-corrected chi connectivity index (χ1v) is 9.75. The van der Waals surface area contributed by atoms with Crippen molar-refractivity contribution < 1.29 is 19.1 Å². The third-order valence-corrected chi connectivity index (χ3v) is 4.58. The van der Waals surface area contributed by atoms with Gasteiger partial charge in [-0.25, -0.2) is 0 Å². The van der Waals surface area contributed by atoms with Gasteiger partial charge in [-0.2, -0.15) is 0 Å². The highest BCUT2D eigenvalue weighted by Gasteiger charge is 2.19. The molecule has 154 valence electrons. The van der Waals surface area contributed by atoms with E-state index in [0.29, 0.717) is 0 Å². The second kappa shape index (κ2) is 11.0. The van der Waals surface area contributed by atoms with E-state index in [9.17, 15) is 14.4 Å². The first kappa shape index (κ1) is 22.1. The fourth-order valence-corrected chi connectivity index (χ4v) is 2.96. The van der Waals surface area contributed by atoms with Gasteiger partial charge in [-0.15, -0.1) is 0 Å². The van der Waals surface area contributed by atoms with Crippen molar-refractivity contribution in [3.05, 3.63) is 71.3 Å². The smallest absolute Gasteiger partial charge is 0.308 e. The van der Waals surface area contributed by atoms with E-state index in [1.807, 2.05) is 61.5 Å². The number of nitrogens with one attached hydrogen (secondary N) is 2. The molecule has 0 aliphatic heterocycles. The molecule has 2 aromatic rings.